The van der Waals surface area contributed by atoms with E-state index < -0.39 is 67.3 Å². The zero-order chi connectivity index (χ0) is 53.3. The average molecular weight is 1030 g/mol. The molecule has 12 heteroatoms. The van der Waals surface area contributed by atoms with Crippen molar-refractivity contribution in [2.75, 3.05) is 13.2 Å². The average Bonchev–Trinajstić information content (AvgIpc) is 3.37. The Balaban J connectivity index is 2.66. The van der Waals surface area contributed by atoms with E-state index in [-0.39, 0.29) is 25.9 Å². The Morgan fingerprint density at radius 1 is 0.452 bits per heavy atom. The molecule has 1 fully saturated rings. The molecule has 1 saturated heterocycles. The molecule has 0 amide bonds. The number of allylic oxidation sites excluding steroid dienone is 8. The highest BCUT2D eigenvalue weighted by atomic mass is 16.7. The van der Waals surface area contributed by atoms with Gasteiger partial charge in [-0.05, 0) is 89.9 Å². The summed E-state index contributed by atoms with van der Waals surface area (Å²) in [6, 6.07) is 0. The fraction of sp³-hybridized carbons (Fsp3) is 0.803. The van der Waals surface area contributed by atoms with Gasteiger partial charge in [0.1, 0.15) is 18.8 Å². The predicted octanol–water partition coefficient (Wildman–Crippen LogP) is 15.0. The molecule has 0 aliphatic carbocycles. The third kappa shape index (κ3) is 39.7. The first-order chi connectivity index (χ1) is 35.6. The smallest absolute Gasteiger partial charge is 0.335 e. The number of carbonyl (C=O) groups excluding carboxylic acids is 3. The fourth-order valence-electron chi connectivity index (χ4n) is 8.73. The van der Waals surface area contributed by atoms with Crippen LogP contribution in [0.1, 0.15) is 265 Å². The van der Waals surface area contributed by atoms with Gasteiger partial charge in [0.15, 0.2) is 24.6 Å². The Morgan fingerprint density at radius 3 is 1.34 bits per heavy atom. The molecule has 6 unspecified atom stereocenters. The number of hydrogen-bond donors (Lipinski definition) is 3. The second-order valence-electron chi connectivity index (χ2n) is 20.3. The maximum atomic E-state index is 13.1. The first-order valence-corrected chi connectivity index (χ1v) is 29.6. The van der Waals surface area contributed by atoms with Gasteiger partial charge in [-0.25, -0.2) is 4.79 Å². The second kappa shape index (κ2) is 49.6. The maximum absolute atomic E-state index is 13.1. The molecular weight excluding hydrogens is 925 g/mol. The summed E-state index contributed by atoms with van der Waals surface area (Å²) in [6.45, 7) is 5.87. The number of esters is 3. The van der Waals surface area contributed by atoms with Crippen molar-refractivity contribution in [3.05, 3.63) is 48.6 Å². The first kappa shape index (κ1) is 67.7. The van der Waals surface area contributed by atoms with Crippen molar-refractivity contribution in [2.45, 2.75) is 302 Å². The lowest BCUT2D eigenvalue weighted by Gasteiger charge is -2.40. The van der Waals surface area contributed by atoms with Crippen LogP contribution >= 0.6 is 0 Å². The number of rotatable bonds is 50. The molecule has 1 aliphatic heterocycles. The Hall–Kier alpha value is -3.32. The van der Waals surface area contributed by atoms with E-state index in [9.17, 15) is 34.5 Å². The number of carboxylic acid groups (broad SMARTS) is 1. The number of carboxylic acids is 1. The van der Waals surface area contributed by atoms with Crippen LogP contribution in [0, 0.1) is 0 Å². The van der Waals surface area contributed by atoms with E-state index in [1.54, 1.807) is 0 Å². The van der Waals surface area contributed by atoms with Gasteiger partial charge in [-0.3, -0.25) is 14.4 Å². The monoisotopic (exact) mass is 1030 g/mol. The van der Waals surface area contributed by atoms with Crippen molar-refractivity contribution in [1.82, 2.24) is 0 Å². The normalized spacial score (nSPS) is 18.6. The highest BCUT2D eigenvalue weighted by molar-refractivity contribution is 5.74. The summed E-state index contributed by atoms with van der Waals surface area (Å²) in [5.41, 5.74) is 0. The lowest BCUT2D eigenvalue weighted by Crippen LogP contribution is -2.61. The summed E-state index contributed by atoms with van der Waals surface area (Å²) >= 11 is 0. The van der Waals surface area contributed by atoms with Crippen molar-refractivity contribution >= 4 is 23.9 Å². The molecule has 0 spiro atoms. The molecule has 0 aromatic heterocycles. The van der Waals surface area contributed by atoms with E-state index in [2.05, 4.69) is 69.4 Å². The van der Waals surface area contributed by atoms with E-state index in [1.807, 2.05) is 0 Å². The number of aliphatic hydroxyl groups excluding tert-OH is 2. The molecule has 12 nitrogen and oxygen atoms in total. The summed E-state index contributed by atoms with van der Waals surface area (Å²) in [5.74, 6) is -3.14. The van der Waals surface area contributed by atoms with Crippen molar-refractivity contribution in [3.63, 3.8) is 0 Å². The van der Waals surface area contributed by atoms with Crippen molar-refractivity contribution < 1.29 is 58.2 Å². The molecule has 1 rings (SSSR count). The quantitative estimate of drug-likeness (QED) is 0.0228. The van der Waals surface area contributed by atoms with Gasteiger partial charge in [0.25, 0.3) is 0 Å². The molecular formula is C61H106O12. The van der Waals surface area contributed by atoms with E-state index >= 15 is 0 Å². The molecule has 73 heavy (non-hydrogen) atoms. The SMILES string of the molecule is CCC/C=C\C/C=C\CCCCCCCC(=O)OC(COC(=O)CCCCCCCCCCC/C=C\CCCCCCCC)COC1OC(C(=O)O)C(O)C(O)C1OC(=O)CCCCCCC/C=C\CCCC. The highest BCUT2D eigenvalue weighted by Crippen LogP contribution is 2.26. The first-order valence-electron chi connectivity index (χ1n) is 29.6. The third-order valence-corrected chi connectivity index (χ3v) is 13.3. The van der Waals surface area contributed by atoms with Crippen LogP contribution in [-0.2, 0) is 42.9 Å². The van der Waals surface area contributed by atoms with Gasteiger partial charge < -0.3 is 39.0 Å². The minimum Gasteiger partial charge on any atom is -0.479 e. The Labute approximate surface area is 443 Å². The van der Waals surface area contributed by atoms with Gasteiger partial charge in [-0.15, -0.1) is 0 Å². The van der Waals surface area contributed by atoms with Crippen LogP contribution in [0.4, 0.5) is 0 Å². The topological polar surface area (TPSA) is 175 Å². The number of unbranched alkanes of at least 4 members (excludes halogenated alkanes) is 28. The summed E-state index contributed by atoms with van der Waals surface area (Å²) in [7, 11) is 0. The van der Waals surface area contributed by atoms with Gasteiger partial charge in [0.2, 0.25) is 0 Å². The Kier molecular flexibility index (Phi) is 45.9. The molecule has 0 aromatic carbocycles. The Bertz CT molecular complexity index is 1460. The van der Waals surface area contributed by atoms with E-state index in [0.717, 1.165) is 109 Å². The fourth-order valence-corrected chi connectivity index (χ4v) is 8.73. The predicted molar refractivity (Wildman–Crippen MR) is 294 cm³/mol. The minimum absolute atomic E-state index is 0.0489. The van der Waals surface area contributed by atoms with Gasteiger partial charge in [0.05, 0.1) is 6.61 Å². The maximum Gasteiger partial charge on any atom is 0.335 e. The van der Waals surface area contributed by atoms with Gasteiger partial charge >= 0.3 is 23.9 Å². The molecule has 0 bridgehead atoms. The van der Waals surface area contributed by atoms with Gasteiger partial charge in [-0.1, -0.05) is 204 Å². The second-order valence-corrected chi connectivity index (χ2v) is 20.3. The number of aliphatic hydroxyl groups is 2. The van der Waals surface area contributed by atoms with Crippen LogP contribution in [0.3, 0.4) is 0 Å². The lowest BCUT2D eigenvalue weighted by molar-refractivity contribution is -0.301. The molecule has 1 heterocycles. The van der Waals surface area contributed by atoms with Gasteiger partial charge in [-0.2, -0.15) is 0 Å². The van der Waals surface area contributed by atoms with Crippen molar-refractivity contribution in [1.29, 1.82) is 0 Å². The summed E-state index contributed by atoms with van der Waals surface area (Å²) in [5, 5.41) is 31.4. The van der Waals surface area contributed by atoms with Crippen molar-refractivity contribution in [2.24, 2.45) is 0 Å². The van der Waals surface area contributed by atoms with Crippen LogP contribution in [0.5, 0.6) is 0 Å². The molecule has 6 atom stereocenters. The van der Waals surface area contributed by atoms with E-state index in [4.69, 9.17) is 23.7 Å². The largest absolute Gasteiger partial charge is 0.479 e. The molecule has 0 aromatic rings. The highest BCUT2D eigenvalue weighted by Gasteiger charge is 2.50. The van der Waals surface area contributed by atoms with Crippen LogP contribution in [0.2, 0.25) is 0 Å². The van der Waals surface area contributed by atoms with Crippen LogP contribution < -0.4 is 0 Å². The lowest BCUT2D eigenvalue weighted by atomic mass is 9.98. The van der Waals surface area contributed by atoms with Crippen LogP contribution in [0.15, 0.2) is 48.6 Å². The molecule has 422 valence electrons. The molecule has 1 aliphatic rings. The number of hydrogen-bond acceptors (Lipinski definition) is 11. The number of ether oxygens (including phenoxy) is 5. The summed E-state index contributed by atoms with van der Waals surface area (Å²) in [6.07, 6.45) is 46.6. The van der Waals surface area contributed by atoms with Crippen molar-refractivity contribution in [3.8, 4) is 0 Å². The summed E-state index contributed by atoms with van der Waals surface area (Å²) in [4.78, 5) is 51.0. The molecule has 0 radical (unpaired) electrons. The zero-order valence-electron chi connectivity index (χ0n) is 46.4. The molecule has 0 saturated carbocycles. The third-order valence-electron chi connectivity index (χ3n) is 13.3. The van der Waals surface area contributed by atoms with Gasteiger partial charge in [0, 0.05) is 19.3 Å². The summed E-state index contributed by atoms with van der Waals surface area (Å²) < 4.78 is 28.4. The number of carbonyl (C=O) groups is 4. The number of aliphatic carboxylic acids is 1. The Morgan fingerprint density at radius 2 is 0.863 bits per heavy atom. The standard InChI is InChI=1S/C61H106O12/c1-4-7-10-13-16-19-22-24-25-26-27-28-29-31-33-35-38-41-44-47-53(62)69-50-52(71-54(63)48-45-42-39-37-34-30-23-20-17-14-11-8-5-2)51-70-61-59(57(66)56(65)58(73-61)60(67)68)72-55(64)49-46-43-40-36-32-21-18-15-12-9-6-3/h11,14-15,18,20,23-25,52,56-59,61,65-66H,4-10,12-13,16-17,19,21-22,26-51H2,1-3H3,(H,67,68)/b14-11-,18-15-,23-20-,25-24-. The van der Waals surface area contributed by atoms with Crippen LogP contribution in [0.25, 0.3) is 0 Å². The molecule has 3 N–H and O–H groups in total. The van der Waals surface area contributed by atoms with E-state index in [0.29, 0.717) is 19.3 Å². The van der Waals surface area contributed by atoms with E-state index in [1.165, 1.54) is 96.3 Å². The minimum atomic E-state index is -1.91. The van der Waals surface area contributed by atoms with Crippen LogP contribution in [-0.4, -0.2) is 89.2 Å². The zero-order valence-corrected chi connectivity index (χ0v) is 46.4.